The first-order valence-electron chi connectivity index (χ1n) is 7.04. The molecule has 1 atom stereocenters. The first-order chi connectivity index (χ1) is 9.16. The Hall–Kier alpha value is -1.42. The number of aromatic nitrogens is 1. The Balaban J connectivity index is 1.73. The van der Waals surface area contributed by atoms with Crippen molar-refractivity contribution in [2.45, 2.75) is 38.6 Å². The van der Waals surface area contributed by atoms with Gasteiger partial charge in [0.25, 0.3) is 0 Å². The van der Waals surface area contributed by atoms with Crippen LogP contribution in [0.25, 0.3) is 0 Å². The number of aliphatic carboxylic acids is 1. The molecule has 4 nitrogen and oxygen atoms in total. The summed E-state index contributed by atoms with van der Waals surface area (Å²) in [6.07, 6.45) is 5.47. The minimum absolute atomic E-state index is 0.121. The first-order valence-corrected chi connectivity index (χ1v) is 7.04. The second-order valence-corrected chi connectivity index (χ2v) is 5.44. The number of nitrogens with zero attached hydrogens (tertiary/aromatic N) is 1. The van der Waals surface area contributed by atoms with Crippen LogP contribution in [0.3, 0.4) is 0 Å². The maximum atomic E-state index is 10.9. The van der Waals surface area contributed by atoms with Gasteiger partial charge in [0.15, 0.2) is 0 Å². The zero-order chi connectivity index (χ0) is 13.7. The van der Waals surface area contributed by atoms with Crippen LogP contribution in [0.4, 0.5) is 0 Å². The minimum atomic E-state index is -0.631. The van der Waals surface area contributed by atoms with Crippen LogP contribution < -0.4 is 5.32 Å². The second-order valence-electron chi connectivity index (χ2n) is 5.44. The molecular formula is C15H22N2O2. The zero-order valence-electron chi connectivity index (χ0n) is 11.4. The number of nitrogens with one attached hydrogen (secondary N) is 1. The molecule has 1 fully saturated rings. The topological polar surface area (TPSA) is 62.2 Å². The fraction of sp³-hybridized carbons (Fsp3) is 0.600. The Morgan fingerprint density at radius 1 is 1.42 bits per heavy atom. The van der Waals surface area contributed by atoms with Crippen molar-refractivity contribution in [1.29, 1.82) is 0 Å². The molecule has 1 heterocycles. The molecule has 2 N–H and O–H groups in total. The molecule has 1 aromatic heterocycles. The lowest BCUT2D eigenvalue weighted by molar-refractivity contribution is -0.143. The van der Waals surface area contributed by atoms with Gasteiger partial charge in [0.2, 0.25) is 0 Å². The van der Waals surface area contributed by atoms with Gasteiger partial charge in [-0.25, -0.2) is 0 Å². The minimum Gasteiger partial charge on any atom is -0.481 e. The van der Waals surface area contributed by atoms with Crippen molar-refractivity contribution in [3.63, 3.8) is 0 Å². The van der Waals surface area contributed by atoms with Crippen LogP contribution in [-0.2, 0) is 4.79 Å². The monoisotopic (exact) mass is 262 g/mol. The molecule has 0 amide bonds. The number of hydrogen-bond donors (Lipinski definition) is 2. The second kappa shape index (κ2) is 6.66. The maximum Gasteiger partial charge on any atom is 0.306 e. The van der Waals surface area contributed by atoms with E-state index in [-0.39, 0.29) is 12.0 Å². The van der Waals surface area contributed by atoms with E-state index in [1.54, 1.807) is 0 Å². The van der Waals surface area contributed by atoms with Gasteiger partial charge < -0.3 is 10.4 Å². The summed E-state index contributed by atoms with van der Waals surface area (Å²) in [4.78, 5) is 15.2. The summed E-state index contributed by atoms with van der Waals surface area (Å²) in [5.41, 5.74) is 1.06. The maximum absolute atomic E-state index is 10.9. The number of carboxylic acid groups (broad SMARTS) is 1. The van der Waals surface area contributed by atoms with Gasteiger partial charge >= 0.3 is 5.97 Å². The molecule has 1 aliphatic rings. The molecule has 1 aromatic rings. The quantitative estimate of drug-likeness (QED) is 0.856. The van der Waals surface area contributed by atoms with Crippen molar-refractivity contribution in [3.05, 3.63) is 30.1 Å². The van der Waals surface area contributed by atoms with Crippen molar-refractivity contribution in [1.82, 2.24) is 10.3 Å². The van der Waals surface area contributed by atoms with Gasteiger partial charge in [-0.2, -0.15) is 0 Å². The highest BCUT2D eigenvalue weighted by atomic mass is 16.4. The number of rotatable bonds is 5. The van der Waals surface area contributed by atoms with Crippen LogP contribution >= 0.6 is 0 Å². The third-order valence-electron chi connectivity index (χ3n) is 4.04. The summed E-state index contributed by atoms with van der Waals surface area (Å²) in [7, 11) is 0. The van der Waals surface area contributed by atoms with Gasteiger partial charge in [0, 0.05) is 12.2 Å². The van der Waals surface area contributed by atoms with Gasteiger partial charge in [-0.05, 0) is 57.2 Å². The Morgan fingerprint density at radius 2 is 2.16 bits per heavy atom. The van der Waals surface area contributed by atoms with E-state index < -0.39 is 5.97 Å². The summed E-state index contributed by atoms with van der Waals surface area (Å²) in [5.74, 6) is -0.153. The molecule has 0 bridgehead atoms. The van der Waals surface area contributed by atoms with E-state index >= 15 is 0 Å². The van der Waals surface area contributed by atoms with Crippen molar-refractivity contribution >= 4 is 5.97 Å². The van der Waals surface area contributed by atoms with E-state index in [1.165, 1.54) is 0 Å². The molecule has 1 unspecified atom stereocenters. The lowest BCUT2D eigenvalue weighted by atomic mass is 9.82. The Morgan fingerprint density at radius 3 is 2.74 bits per heavy atom. The number of pyridine rings is 1. The molecule has 2 rings (SSSR count). The number of carboxylic acids is 1. The number of hydrogen-bond acceptors (Lipinski definition) is 3. The number of carbonyl (C=O) groups is 1. The summed E-state index contributed by atoms with van der Waals surface area (Å²) in [6, 6.07) is 6.19. The highest BCUT2D eigenvalue weighted by Gasteiger charge is 2.25. The summed E-state index contributed by atoms with van der Waals surface area (Å²) in [6.45, 7) is 3.06. The molecule has 1 saturated carbocycles. The molecule has 19 heavy (non-hydrogen) atoms. The van der Waals surface area contributed by atoms with Crippen LogP contribution in [0.5, 0.6) is 0 Å². The van der Waals surface area contributed by atoms with Crippen LogP contribution in [0.2, 0.25) is 0 Å². The summed E-state index contributed by atoms with van der Waals surface area (Å²) >= 11 is 0. The zero-order valence-corrected chi connectivity index (χ0v) is 11.4. The fourth-order valence-electron chi connectivity index (χ4n) is 2.69. The van der Waals surface area contributed by atoms with E-state index in [2.05, 4.69) is 17.2 Å². The smallest absolute Gasteiger partial charge is 0.306 e. The first kappa shape index (κ1) is 14.0. The highest BCUT2D eigenvalue weighted by molar-refractivity contribution is 5.69. The largest absolute Gasteiger partial charge is 0.481 e. The van der Waals surface area contributed by atoms with Crippen LogP contribution in [0.1, 0.15) is 44.3 Å². The normalized spacial score (nSPS) is 24.9. The molecule has 4 heteroatoms. The standard InChI is InChI=1S/C15H22N2O2/c1-11(14-4-2-3-9-16-14)17-10-12-5-7-13(8-6-12)15(18)19/h2-4,9,11-13,17H,5-8,10H2,1H3,(H,18,19). The Bertz CT molecular complexity index is 400. The van der Waals surface area contributed by atoms with Gasteiger partial charge in [-0.15, -0.1) is 0 Å². The Labute approximate surface area is 114 Å². The predicted octanol–water partition coefficient (Wildman–Crippen LogP) is 2.62. The van der Waals surface area contributed by atoms with Crippen LogP contribution in [-0.4, -0.2) is 22.6 Å². The van der Waals surface area contributed by atoms with Crippen molar-refractivity contribution in [2.24, 2.45) is 11.8 Å². The fourth-order valence-corrected chi connectivity index (χ4v) is 2.69. The lowest BCUT2D eigenvalue weighted by Gasteiger charge is -2.27. The SMILES string of the molecule is CC(NCC1CCC(C(=O)O)CC1)c1ccccn1. The average Bonchev–Trinajstić information content (AvgIpc) is 2.46. The molecule has 0 radical (unpaired) electrons. The Kier molecular flexibility index (Phi) is 4.91. The molecule has 0 saturated heterocycles. The van der Waals surface area contributed by atoms with Gasteiger partial charge in [-0.3, -0.25) is 9.78 Å². The third-order valence-corrected chi connectivity index (χ3v) is 4.04. The van der Waals surface area contributed by atoms with E-state index in [4.69, 9.17) is 5.11 Å². The highest BCUT2D eigenvalue weighted by Crippen LogP contribution is 2.28. The molecule has 104 valence electrons. The van der Waals surface area contributed by atoms with Gasteiger partial charge in [0.1, 0.15) is 0 Å². The molecule has 0 aliphatic heterocycles. The van der Waals surface area contributed by atoms with Crippen LogP contribution in [0.15, 0.2) is 24.4 Å². The van der Waals surface area contributed by atoms with Crippen molar-refractivity contribution in [3.8, 4) is 0 Å². The lowest BCUT2D eigenvalue weighted by Crippen LogP contribution is -2.30. The summed E-state index contributed by atoms with van der Waals surface area (Å²) in [5, 5.41) is 12.5. The molecular weight excluding hydrogens is 240 g/mol. The van der Waals surface area contributed by atoms with E-state index in [0.29, 0.717) is 5.92 Å². The van der Waals surface area contributed by atoms with E-state index in [1.807, 2.05) is 24.4 Å². The van der Waals surface area contributed by atoms with Crippen LogP contribution in [0, 0.1) is 11.8 Å². The average molecular weight is 262 g/mol. The summed E-state index contributed by atoms with van der Waals surface area (Å²) < 4.78 is 0. The predicted molar refractivity (Wildman–Crippen MR) is 73.7 cm³/mol. The van der Waals surface area contributed by atoms with Gasteiger partial charge in [0.05, 0.1) is 11.6 Å². The van der Waals surface area contributed by atoms with E-state index in [0.717, 1.165) is 37.9 Å². The van der Waals surface area contributed by atoms with Gasteiger partial charge in [-0.1, -0.05) is 6.07 Å². The van der Waals surface area contributed by atoms with E-state index in [9.17, 15) is 4.79 Å². The third kappa shape index (κ3) is 4.03. The molecule has 0 aromatic carbocycles. The van der Waals surface area contributed by atoms with Crippen molar-refractivity contribution < 1.29 is 9.90 Å². The molecule has 0 spiro atoms. The molecule has 1 aliphatic carbocycles. The van der Waals surface area contributed by atoms with Crippen molar-refractivity contribution in [2.75, 3.05) is 6.54 Å².